The van der Waals surface area contributed by atoms with E-state index in [1.807, 2.05) is 29.2 Å². The van der Waals surface area contributed by atoms with Gasteiger partial charge in [0.05, 0.1) is 43.4 Å². The number of carbonyl (C=O) groups is 1. The zero-order valence-electron chi connectivity index (χ0n) is 13.8. The second-order valence-electron chi connectivity index (χ2n) is 6.63. The third kappa shape index (κ3) is 3.25. The predicted octanol–water partition coefficient (Wildman–Crippen LogP) is 0.150. The summed E-state index contributed by atoms with van der Waals surface area (Å²) in [5.74, 6) is -0.00980. The van der Waals surface area contributed by atoms with E-state index in [0.717, 1.165) is 50.4 Å². The van der Waals surface area contributed by atoms with E-state index < -0.39 is 0 Å². The van der Waals surface area contributed by atoms with E-state index in [-0.39, 0.29) is 5.91 Å². The van der Waals surface area contributed by atoms with Gasteiger partial charge < -0.3 is 14.5 Å². The van der Waals surface area contributed by atoms with E-state index in [4.69, 9.17) is 4.74 Å². The molecule has 24 heavy (non-hydrogen) atoms. The number of carbonyl (C=O) groups excluding carboxylic acids is 1. The number of quaternary nitrogens is 1. The number of benzene rings is 1. The molecule has 2 aliphatic heterocycles. The van der Waals surface area contributed by atoms with Gasteiger partial charge in [0.2, 0.25) is 0 Å². The van der Waals surface area contributed by atoms with Crippen molar-refractivity contribution in [2.75, 3.05) is 39.3 Å². The fraction of sp³-hybridized carbons (Fsp3) is 0.500. The standard InChI is InChI=1S/C18H22N4O2/c23-18(17-12-19-15-5-1-2-6-16(15)20-17)22-9-7-21(8-10-22)13-14-4-3-11-24-14/h1-2,5-6,12,14H,3-4,7-11,13H2/p+1/t14-/m0/s1. The first-order valence-electron chi connectivity index (χ1n) is 8.76. The van der Waals surface area contributed by atoms with Gasteiger partial charge in [-0.15, -0.1) is 0 Å². The van der Waals surface area contributed by atoms with E-state index in [1.165, 1.54) is 17.7 Å². The number of nitrogens with zero attached hydrogens (tertiary/aromatic N) is 3. The van der Waals surface area contributed by atoms with Crippen LogP contribution in [0.2, 0.25) is 0 Å². The average Bonchev–Trinajstić information content (AvgIpc) is 3.14. The van der Waals surface area contributed by atoms with Gasteiger partial charge >= 0.3 is 0 Å². The summed E-state index contributed by atoms with van der Waals surface area (Å²) in [7, 11) is 0. The minimum Gasteiger partial charge on any atom is -0.372 e. The van der Waals surface area contributed by atoms with Gasteiger partial charge in [-0.1, -0.05) is 12.1 Å². The van der Waals surface area contributed by atoms with Crippen molar-refractivity contribution < 1.29 is 14.4 Å². The summed E-state index contributed by atoms with van der Waals surface area (Å²) in [5, 5.41) is 0. The lowest BCUT2D eigenvalue weighted by Crippen LogP contribution is -3.15. The fourth-order valence-corrected chi connectivity index (χ4v) is 3.58. The minimum absolute atomic E-state index is 0.00980. The van der Waals surface area contributed by atoms with Crippen LogP contribution in [0.15, 0.2) is 30.5 Å². The number of rotatable bonds is 3. The number of para-hydroxylation sites is 2. The molecule has 6 heteroatoms. The molecule has 6 nitrogen and oxygen atoms in total. The number of fused-ring (bicyclic) bond motifs is 1. The maximum atomic E-state index is 12.7. The summed E-state index contributed by atoms with van der Waals surface area (Å²) in [6, 6.07) is 7.64. The Labute approximate surface area is 141 Å². The lowest BCUT2D eigenvalue weighted by Gasteiger charge is -2.33. The number of ether oxygens (including phenoxy) is 1. The van der Waals surface area contributed by atoms with Crippen LogP contribution in [0.25, 0.3) is 11.0 Å². The molecule has 1 atom stereocenters. The summed E-state index contributed by atoms with van der Waals surface area (Å²) in [5.41, 5.74) is 2.03. The van der Waals surface area contributed by atoms with Gasteiger partial charge in [-0.25, -0.2) is 4.98 Å². The third-order valence-electron chi connectivity index (χ3n) is 4.97. The normalized spacial score (nSPS) is 22.2. The van der Waals surface area contributed by atoms with Crippen LogP contribution < -0.4 is 4.90 Å². The molecule has 0 spiro atoms. The summed E-state index contributed by atoms with van der Waals surface area (Å²) in [6.07, 6.45) is 4.37. The lowest BCUT2D eigenvalue weighted by atomic mass is 10.2. The minimum atomic E-state index is -0.00980. The zero-order valence-corrected chi connectivity index (χ0v) is 13.8. The molecule has 0 bridgehead atoms. The second kappa shape index (κ2) is 6.83. The Balaban J connectivity index is 1.38. The molecule has 1 aromatic heterocycles. The average molecular weight is 327 g/mol. The van der Waals surface area contributed by atoms with Crippen molar-refractivity contribution in [2.45, 2.75) is 18.9 Å². The zero-order chi connectivity index (χ0) is 16.4. The lowest BCUT2D eigenvalue weighted by molar-refractivity contribution is -0.906. The molecule has 4 rings (SSSR count). The van der Waals surface area contributed by atoms with Gasteiger partial charge in [0.25, 0.3) is 5.91 Å². The molecular formula is C18H23N4O2+. The van der Waals surface area contributed by atoms with Crippen LogP contribution in [-0.4, -0.2) is 66.2 Å². The Bertz CT molecular complexity index is 722. The number of piperazine rings is 1. The molecule has 2 saturated heterocycles. The molecule has 0 radical (unpaired) electrons. The smallest absolute Gasteiger partial charge is 0.274 e. The van der Waals surface area contributed by atoms with Gasteiger partial charge in [-0.3, -0.25) is 9.78 Å². The maximum Gasteiger partial charge on any atom is 0.274 e. The first kappa shape index (κ1) is 15.5. The fourth-order valence-electron chi connectivity index (χ4n) is 3.58. The summed E-state index contributed by atoms with van der Waals surface area (Å²) in [6.45, 7) is 5.48. The quantitative estimate of drug-likeness (QED) is 0.872. The highest BCUT2D eigenvalue weighted by atomic mass is 16.5. The van der Waals surface area contributed by atoms with Crippen molar-refractivity contribution >= 4 is 16.9 Å². The van der Waals surface area contributed by atoms with E-state index in [9.17, 15) is 4.79 Å². The Kier molecular flexibility index (Phi) is 4.40. The van der Waals surface area contributed by atoms with Crippen molar-refractivity contribution in [3.63, 3.8) is 0 Å². The third-order valence-corrected chi connectivity index (χ3v) is 4.97. The van der Waals surface area contributed by atoms with Gasteiger partial charge in [0.1, 0.15) is 18.3 Å². The molecule has 0 saturated carbocycles. The van der Waals surface area contributed by atoms with Gasteiger partial charge in [0, 0.05) is 6.61 Å². The molecule has 1 aromatic carbocycles. The predicted molar refractivity (Wildman–Crippen MR) is 90.0 cm³/mol. The SMILES string of the molecule is O=C(c1cnc2ccccc2n1)N1CC[NH+](C[C@@H]2CCCO2)CC1. The number of nitrogens with one attached hydrogen (secondary N) is 1. The molecular weight excluding hydrogens is 304 g/mol. The van der Waals surface area contributed by atoms with Crippen molar-refractivity contribution in [1.29, 1.82) is 0 Å². The van der Waals surface area contributed by atoms with Crippen LogP contribution in [-0.2, 0) is 4.74 Å². The highest BCUT2D eigenvalue weighted by Crippen LogP contribution is 2.11. The monoisotopic (exact) mass is 327 g/mol. The Morgan fingerprint density at radius 1 is 1.25 bits per heavy atom. The highest BCUT2D eigenvalue weighted by molar-refractivity contribution is 5.93. The molecule has 0 aliphatic carbocycles. The van der Waals surface area contributed by atoms with E-state index in [1.54, 1.807) is 6.20 Å². The molecule has 2 fully saturated rings. The van der Waals surface area contributed by atoms with Crippen molar-refractivity contribution in [1.82, 2.24) is 14.9 Å². The summed E-state index contributed by atoms with van der Waals surface area (Å²) in [4.78, 5) is 24.9. The Morgan fingerprint density at radius 3 is 2.79 bits per heavy atom. The van der Waals surface area contributed by atoms with E-state index in [0.29, 0.717) is 11.8 Å². The largest absolute Gasteiger partial charge is 0.372 e. The van der Waals surface area contributed by atoms with E-state index >= 15 is 0 Å². The summed E-state index contributed by atoms with van der Waals surface area (Å²) < 4.78 is 5.72. The number of hydrogen-bond acceptors (Lipinski definition) is 4. The van der Waals surface area contributed by atoms with Crippen molar-refractivity contribution in [3.8, 4) is 0 Å². The number of hydrogen-bond donors (Lipinski definition) is 1. The van der Waals surface area contributed by atoms with Crippen LogP contribution in [0.5, 0.6) is 0 Å². The van der Waals surface area contributed by atoms with Crippen LogP contribution in [0.4, 0.5) is 0 Å². The van der Waals surface area contributed by atoms with Crippen LogP contribution >= 0.6 is 0 Å². The molecule has 3 heterocycles. The Hall–Kier alpha value is -2.05. The van der Waals surface area contributed by atoms with Crippen LogP contribution in [0, 0.1) is 0 Å². The number of amides is 1. The van der Waals surface area contributed by atoms with Gasteiger partial charge in [0.15, 0.2) is 0 Å². The molecule has 126 valence electrons. The maximum absolute atomic E-state index is 12.7. The Morgan fingerprint density at radius 2 is 2.04 bits per heavy atom. The van der Waals surface area contributed by atoms with Crippen LogP contribution in [0.3, 0.4) is 0 Å². The first-order chi connectivity index (χ1) is 11.8. The molecule has 0 unspecified atom stereocenters. The van der Waals surface area contributed by atoms with E-state index in [2.05, 4.69) is 9.97 Å². The molecule has 2 aliphatic rings. The molecule has 1 N–H and O–H groups in total. The molecule has 2 aromatic rings. The summed E-state index contributed by atoms with van der Waals surface area (Å²) >= 11 is 0. The molecule has 1 amide bonds. The first-order valence-corrected chi connectivity index (χ1v) is 8.76. The van der Waals surface area contributed by atoms with Crippen molar-refractivity contribution in [2.24, 2.45) is 0 Å². The topological polar surface area (TPSA) is 59.8 Å². The van der Waals surface area contributed by atoms with Gasteiger partial charge in [-0.05, 0) is 25.0 Å². The van der Waals surface area contributed by atoms with Gasteiger partial charge in [-0.2, -0.15) is 0 Å². The van der Waals surface area contributed by atoms with Crippen molar-refractivity contribution in [3.05, 3.63) is 36.2 Å². The second-order valence-corrected chi connectivity index (χ2v) is 6.63. The van der Waals surface area contributed by atoms with Crippen LogP contribution in [0.1, 0.15) is 23.3 Å². The number of aromatic nitrogens is 2. The highest BCUT2D eigenvalue weighted by Gasteiger charge is 2.28.